The van der Waals surface area contributed by atoms with Crippen LogP contribution in [0.15, 0.2) is 60.7 Å². The topological polar surface area (TPSA) is 27.7 Å². The Balaban J connectivity index is 0.00000162. The molecule has 0 atom stereocenters. The van der Waals surface area contributed by atoms with Crippen LogP contribution >= 0.6 is 0 Å². The molecule has 0 N–H and O–H groups in total. The van der Waals surface area contributed by atoms with E-state index in [0.29, 0.717) is 11.5 Å². The summed E-state index contributed by atoms with van der Waals surface area (Å²) in [5.74, 6) is 1.25. The van der Waals surface area contributed by atoms with Crippen molar-refractivity contribution in [1.82, 2.24) is 0 Å². The van der Waals surface area contributed by atoms with Crippen LogP contribution in [-0.2, 0) is 4.57 Å². The second kappa shape index (κ2) is 8.94. The van der Waals surface area contributed by atoms with Gasteiger partial charge in [-0.05, 0) is 24.3 Å². The number of rotatable bonds is 5. The molecule has 0 spiro atoms. The van der Waals surface area contributed by atoms with Crippen molar-refractivity contribution in [3.05, 3.63) is 60.7 Å². The Bertz CT molecular complexity index is 406. The van der Waals surface area contributed by atoms with Crippen LogP contribution in [0.25, 0.3) is 0 Å². The van der Waals surface area contributed by atoms with Gasteiger partial charge in [-0.3, -0.25) is 0 Å². The molecular formula is C12H11B2O3Rb. The van der Waals surface area contributed by atoms with Crippen molar-refractivity contribution >= 4 is 15.4 Å². The van der Waals surface area contributed by atoms with Crippen molar-refractivity contribution in [2.45, 2.75) is 0 Å². The summed E-state index contributed by atoms with van der Waals surface area (Å²) in [4.78, 5) is 0. The Morgan fingerprint density at radius 2 is 1.17 bits per heavy atom. The standard InChI is InChI=1S/C12H10B2O3.Rb.H/c13-17-14(15-11-7-3-1-4-8-11)16-12-9-5-2-6-10-12;;/h1-10H;;/q;+1;-1. The Morgan fingerprint density at radius 3 is 1.50 bits per heavy atom. The van der Waals surface area contributed by atoms with Crippen molar-refractivity contribution in [3.63, 3.8) is 0 Å². The molecule has 2 radical (unpaired) electrons. The minimum absolute atomic E-state index is 0. The molecule has 18 heavy (non-hydrogen) atoms. The second-order valence-electron chi connectivity index (χ2n) is 3.29. The third-order valence-electron chi connectivity index (χ3n) is 2.06. The van der Waals surface area contributed by atoms with Gasteiger partial charge in [-0.15, -0.1) is 0 Å². The molecule has 2 rings (SSSR count). The molecule has 0 aliphatic heterocycles. The van der Waals surface area contributed by atoms with Crippen molar-refractivity contribution in [1.29, 1.82) is 0 Å². The van der Waals surface area contributed by atoms with E-state index in [-0.39, 0.29) is 59.6 Å². The minimum Gasteiger partial charge on any atom is -1.00 e. The fourth-order valence-corrected chi connectivity index (χ4v) is 1.30. The molecule has 0 fully saturated rings. The van der Waals surface area contributed by atoms with E-state index in [1.54, 1.807) is 24.3 Å². The third kappa shape index (κ3) is 5.28. The van der Waals surface area contributed by atoms with E-state index in [1.165, 1.54) is 0 Å². The zero-order valence-electron chi connectivity index (χ0n) is 11.2. The summed E-state index contributed by atoms with van der Waals surface area (Å²) in [6.07, 6.45) is 0. The smallest absolute Gasteiger partial charge is 1.00 e. The second-order valence-corrected chi connectivity index (χ2v) is 3.29. The number of hydrogen-bond acceptors (Lipinski definition) is 3. The fourth-order valence-electron chi connectivity index (χ4n) is 1.30. The molecule has 0 aromatic heterocycles. The van der Waals surface area contributed by atoms with Gasteiger partial charge < -0.3 is 15.3 Å². The molecule has 6 heteroatoms. The maximum absolute atomic E-state index is 5.40. The largest absolute Gasteiger partial charge is 1.00 e. The molecule has 0 unspecified atom stereocenters. The van der Waals surface area contributed by atoms with Gasteiger partial charge in [0.1, 0.15) is 11.5 Å². The van der Waals surface area contributed by atoms with E-state index in [4.69, 9.17) is 17.4 Å². The molecule has 3 nitrogen and oxygen atoms in total. The molecule has 0 saturated heterocycles. The summed E-state index contributed by atoms with van der Waals surface area (Å²) in [5, 5.41) is 0. The van der Waals surface area contributed by atoms with E-state index < -0.39 is 7.32 Å². The van der Waals surface area contributed by atoms with Crippen LogP contribution in [0.4, 0.5) is 0 Å². The van der Waals surface area contributed by atoms with E-state index in [2.05, 4.69) is 4.57 Å². The predicted molar refractivity (Wildman–Crippen MR) is 67.8 cm³/mol. The molecule has 2 aromatic rings. The van der Waals surface area contributed by atoms with Crippen molar-refractivity contribution < 1.29 is 73.5 Å². The maximum atomic E-state index is 5.40. The SMILES string of the molecule is [B]OB(Oc1ccccc1)Oc1ccccc1.[H-].[Rb+]. The van der Waals surface area contributed by atoms with E-state index in [0.717, 1.165) is 0 Å². The van der Waals surface area contributed by atoms with Gasteiger partial charge in [-0.2, -0.15) is 0 Å². The Morgan fingerprint density at radius 1 is 0.778 bits per heavy atom. The number of benzene rings is 2. The molecule has 0 saturated carbocycles. The molecule has 0 bridgehead atoms. The first-order valence-electron chi connectivity index (χ1n) is 5.17. The summed E-state index contributed by atoms with van der Waals surface area (Å²) in [6, 6.07) is 18.4. The van der Waals surface area contributed by atoms with Crippen LogP contribution in [0.1, 0.15) is 1.43 Å². The molecule has 2 aromatic carbocycles. The Hall–Kier alpha value is -0.0649. The molecule has 0 aliphatic carbocycles. The first kappa shape index (κ1) is 16.0. The number of hydrogen-bond donors (Lipinski definition) is 0. The summed E-state index contributed by atoms with van der Waals surface area (Å²) >= 11 is 0. The Labute approximate surface area is 159 Å². The monoisotopic (exact) mass is 310 g/mol. The first-order valence-corrected chi connectivity index (χ1v) is 5.17. The fraction of sp³-hybridized carbons (Fsp3) is 0. The molecule has 0 heterocycles. The van der Waals surface area contributed by atoms with E-state index >= 15 is 0 Å². The summed E-state index contributed by atoms with van der Waals surface area (Å²) in [7, 11) is 4.15. The summed E-state index contributed by atoms with van der Waals surface area (Å²) in [6.45, 7) is 0. The van der Waals surface area contributed by atoms with Crippen LogP contribution in [0, 0.1) is 0 Å². The van der Waals surface area contributed by atoms with Crippen LogP contribution in [-0.4, -0.2) is 15.4 Å². The quantitative estimate of drug-likeness (QED) is 0.687. The normalized spacial score (nSPS) is 9.11. The Kier molecular flexibility index (Phi) is 7.94. The van der Waals surface area contributed by atoms with E-state index in [9.17, 15) is 0 Å². The van der Waals surface area contributed by atoms with Gasteiger partial charge >= 0.3 is 65.5 Å². The maximum Gasteiger partial charge on any atom is 1.00 e. The number of para-hydroxylation sites is 2. The van der Waals surface area contributed by atoms with E-state index in [1.807, 2.05) is 36.4 Å². The van der Waals surface area contributed by atoms with Crippen LogP contribution in [0.3, 0.4) is 0 Å². The van der Waals surface area contributed by atoms with Crippen LogP contribution in [0.2, 0.25) is 0 Å². The van der Waals surface area contributed by atoms with Crippen molar-refractivity contribution in [2.75, 3.05) is 0 Å². The van der Waals surface area contributed by atoms with Gasteiger partial charge in [-0.25, -0.2) is 0 Å². The minimum atomic E-state index is -0.972. The van der Waals surface area contributed by atoms with Crippen molar-refractivity contribution in [3.8, 4) is 11.5 Å². The van der Waals surface area contributed by atoms with Crippen molar-refractivity contribution in [2.24, 2.45) is 0 Å². The predicted octanol–water partition coefficient (Wildman–Crippen LogP) is -0.654. The zero-order chi connectivity index (χ0) is 11.9. The summed E-state index contributed by atoms with van der Waals surface area (Å²) < 4.78 is 15.4. The van der Waals surface area contributed by atoms with Crippen LogP contribution in [0.5, 0.6) is 11.5 Å². The van der Waals surface area contributed by atoms with Gasteiger partial charge in [0.15, 0.2) is 0 Å². The first-order chi connectivity index (χ1) is 8.38. The molecular weight excluding hydrogens is 299 g/mol. The van der Waals surface area contributed by atoms with Gasteiger partial charge in [0, 0.05) is 0 Å². The average Bonchev–Trinajstić information content (AvgIpc) is 2.40. The zero-order valence-corrected chi connectivity index (χ0v) is 15.1. The summed E-state index contributed by atoms with van der Waals surface area (Å²) in [5.41, 5.74) is 0. The molecule has 0 amide bonds. The molecule has 0 aliphatic rings. The van der Waals surface area contributed by atoms with Crippen LogP contribution < -0.4 is 67.5 Å². The molecule has 84 valence electrons. The van der Waals surface area contributed by atoms with Gasteiger partial charge in [0.25, 0.3) is 8.05 Å². The average molecular weight is 310 g/mol. The third-order valence-corrected chi connectivity index (χ3v) is 2.06. The van der Waals surface area contributed by atoms with Gasteiger partial charge in [0.2, 0.25) is 0 Å². The van der Waals surface area contributed by atoms with Gasteiger partial charge in [-0.1, -0.05) is 36.4 Å². The van der Waals surface area contributed by atoms with Gasteiger partial charge in [0.05, 0.1) is 0 Å².